The molecule has 0 aromatic carbocycles. The first-order chi connectivity index (χ1) is 8.81. The molecule has 1 atom stereocenters. The van der Waals surface area contributed by atoms with Gasteiger partial charge in [0.2, 0.25) is 0 Å². The van der Waals surface area contributed by atoms with Crippen molar-refractivity contribution in [3.05, 3.63) is 10.8 Å². The maximum atomic E-state index is 5.36. The highest BCUT2D eigenvalue weighted by atomic mass is 79.9. The van der Waals surface area contributed by atoms with Crippen LogP contribution in [-0.4, -0.2) is 36.3 Å². The third-order valence-corrected chi connectivity index (χ3v) is 3.67. The van der Waals surface area contributed by atoms with Crippen LogP contribution in [0.15, 0.2) is 10.8 Å². The molecule has 1 fully saturated rings. The van der Waals surface area contributed by atoms with Crippen LogP contribution in [0.1, 0.15) is 19.8 Å². The van der Waals surface area contributed by atoms with Gasteiger partial charge in [-0.2, -0.15) is 0 Å². The molecular formula is C12H19BrN4O. The smallest absolute Gasteiger partial charge is 0.145 e. The van der Waals surface area contributed by atoms with Crippen molar-refractivity contribution in [2.75, 3.05) is 36.9 Å². The lowest BCUT2D eigenvalue weighted by atomic mass is 10.1. The molecule has 5 nitrogen and oxygen atoms in total. The Bertz CT molecular complexity index is 382. The van der Waals surface area contributed by atoms with Crippen molar-refractivity contribution >= 4 is 27.6 Å². The van der Waals surface area contributed by atoms with E-state index in [0.717, 1.165) is 55.3 Å². The number of nitrogens with one attached hydrogen (secondary N) is 2. The van der Waals surface area contributed by atoms with E-state index < -0.39 is 0 Å². The molecule has 2 rings (SSSR count). The van der Waals surface area contributed by atoms with Crippen molar-refractivity contribution in [1.29, 1.82) is 0 Å². The summed E-state index contributed by atoms with van der Waals surface area (Å²) in [5.74, 6) is 2.27. The summed E-state index contributed by atoms with van der Waals surface area (Å²) in [6, 6.07) is 0. The van der Waals surface area contributed by atoms with Gasteiger partial charge in [-0.05, 0) is 28.8 Å². The average molecular weight is 315 g/mol. The van der Waals surface area contributed by atoms with Crippen molar-refractivity contribution < 1.29 is 4.74 Å². The molecular weight excluding hydrogens is 296 g/mol. The van der Waals surface area contributed by atoms with E-state index in [4.69, 9.17) is 4.74 Å². The number of halogens is 1. The van der Waals surface area contributed by atoms with Crippen LogP contribution < -0.4 is 10.6 Å². The van der Waals surface area contributed by atoms with Crippen LogP contribution in [0.2, 0.25) is 0 Å². The Morgan fingerprint density at radius 3 is 2.83 bits per heavy atom. The van der Waals surface area contributed by atoms with Gasteiger partial charge in [-0.3, -0.25) is 0 Å². The van der Waals surface area contributed by atoms with Gasteiger partial charge in [-0.15, -0.1) is 0 Å². The number of nitrogens with zero attached hydrogens (tertiary/aromatic N) is 2. The van der Waals surface area contributed by atoms with Crippen molar-refractivity contribution in [3.63, 3.8) is 0 Å². The van der Waals surface area contributed by atoms with Crippen LogP contribution in [0.5, 0.6) is 0 Å². The summed E-state index contributed by atoms with van der Waals surface area (Å²) in [5.41, 5.74) is 0. The minimum atomic E-state index is 0.582. The highest BCUT2D eigenvalue weighted by Gasteiger charge is 2.16. The SMILES string of the molecule is CCCNc1ncnc(NCC2CCOC2)c1Br. The van der Waals surface area contributed by atoms with E-state index in [1.54, 1.807) is 6.33 Å². The number of rotatable bonds is 6. The van der Waals surface area contributed by atoms with Gasteiger partial charge in [-0.1, -0.05) is 6.92 Å². The molecule has 1 saturated heterocycles. The first-order valence-electron chi connectivity index (χ1n) is 6.37. The molecule has 100 valence electrons. The lowest BCUT2D eigenvalue weighted by molar-refractivity contribution is 0.187. The fourth-order valence-corrected chi connectivity index (χ4v) is 2.33. The Labute approximate surface area is 116 Å². The molecule has 0 radical (unpaired) electrons. The summed E-state index contributed by atoms with van der Waals surface area (Å²) in [6.07, 6.45) is 3.77. The van der Waals surface area contributed by atoms with Crippen molar-refractivity contribution in [3.8, 4) is 0 Å². The van der Waals surface area contributed by atoms with Crippen LogP contribution in [0.25, 0.3) is 0 Å². The van der Waals surface area contributed by atoms with Crippen molar-refractivity contribution in [2.24, 2.45) is 5.92 Å². The zero-order chi connectivity index (χ0) is 12.8. The summed E-state index contributed by atoms with van der Waals surface area (Å²) in [5, 5.41) is 6.62. The molecule has 0 bridgehead atoms. The van der Waals surface area contributed by atoms with Gasteiger partial charge < -0.3 is 15.4 Å². The van der Waals surface area contributed by atoms with Crippen LogP contribution in [-0.2, 0) is 4.74 Å². The van der Waals surface area contributed by atoms with Crippen LogP contribution in [0.3, 0.4) is 0 Å². The molecule has 1 aromatic rings. The fraction of sp³-hybridized carbons (Fsp3) is 0.667. The van der Waals surface area contributed by atoms with Gasteiger partial charge >= 0.3 is 0 Å². The van der Waals surface area contributed by atoms with Gasteiger partial charge in [0.1, 0.15) is 22.4 Å². The maximum absolute atomic E-state index is 5.36. The Hall–Kier alpha value is -0.880. The molecule has 0 saturated carbocycles. The zero-order valence-electron chi connectivity index (χ0n) is 10.6. The molecule has 0 aliphatic carbocycles. The van der Waals surface area contributed by atoms with E-state index >= 15 is 0 Å². The topological polar surface area (TPSA) is 59.1 Å². The summed E-state index contributed by atoms with van der Waals surface area (Å²) in [4.78, 5) is 8.48. The average Bonchev–Trinajstić information content (AvgIpc) is 2.89. The molecule has 0 spiro atoms. The standard InChI is InChI=1S/C12H19BrN4O/c1-2-4-14-11-10(13)12(17-8-16-11)15-6-9-3-5-18-7-9/h8-9H,2-7H2,1H3,(H2,14,15,16,17). The van der Waals surface area contributed by atoms with Gasteiger partial charge in [0.05, 0.1) is 6.61 Å². The summed E-state index contributed by atoms with van der Waals surface area (Å²) >= 11 is 3.54. The molecule has 2 N–H and O–H groups in total. The molecule has 1 aromatic heterocycles. The molecule has 2 heterocycles. The van der Waals surface area contributed by atoms with Gasteiger partial charge in [-0.25, -0.2) is 9.97 Å². The Balaban J connectivity index is 1.94. The predicted molar refractivity (Wildman–Crippen MR) is 75.9 cm³/mol. The summed E-state index contributed by atoms with van der Waals surface area (Å²) in [6.45, 7) is 5.65. The van der Waals surface area contributed by atoms with Crippen LogP contribution >= 0.6 is 15.9 Å². The minimum Gasteiger partial charge on any atom is -0.381 e. The van der Waals surface area contributed by atoms with E-state index in [1.165, 1.54) is 0 Å². The van der Waals surface area contributed by atoms with Crippen molar-refractivity contribution in [1.82, 2.24) is 9.97 Å². The van der Waals surface area contributed by atoms with Crippen molar-refractivity contribution in [2.45, 2.75) is 19.8 Å². The Kier molecular flexibility index (Phi) is 5.19. The quantitative estimate of drug-likeness (QED) is 0.845. The Morgan fingerprint density at radius 2 is 2.17 bits per heavy atom. The van der Waals surface area contributed by atoms with Gasteiger partial charge in [0.15, 0.2) is 0 Å². The number of hydrogen-bond donors (Lipinski definition) is 2. The van der Waals surface area contributed by atoms with Crippen LogP contribution in [0.4, 0.5) is 11.6 Å². The van der Waals surface area contributed by atoms with E-state index in [2.05, 4.69) is 43.5 Å². The first-order valence-corrected chi connectivity index (χ1v) is 7.16. The third-order valence-electron chi connectivity index (χ3n) is 2.91. The van der Waals surface area contributed by atoms with Crippen LogP contribution in [0, 0.1) is 5.92 Å². The normalized spacial score (nSPS) is 18.9. The van der Waals surface area contributed by atoms with E-state index in [0.29, 0.717) is 5.92 Å². The molecule has 1 aliphatic heterocycles. The Morgan fingerprint density at radius 1 is 1.39 bits per heavy atom. The summed E-state index contributed by atoms with van der Waals surface area (Å²) < 4.78 is 6.26. The zero-order valence-corrected chi connectivity index (χ0v) is 12.2. The predicted octanol–water partition coefficient (Wildman–Crippen LogP) is 2.51. The largest absolute Gasteiger partial charge is 0.381 e. The molecule has 6 heteroatoms. The van der Waals surface area contributed by atoms with E-state index in [9.17, 15) is 0 Å². The lowest BCUT2D eigenvalue weighted by Crippen LogP contribution is -2.16. The highest BCUT2D eigenvalue weighted by Crippen LogP contribution is 2.27. The van der Waals surface area contributed by atoms with E-state index in [1.807, 2.05) is 0 Å². The number of ether oxygens (including phenoxy) is 1. The number of aromatic nitrogens is 2. The number of anilines is 2. The molecule has 0 amide bonds. The second-order valence-corrected chi connectivity index (χ2v) is 5.22. The van der Waals surface area contributed by atoms with E-state index in [-0.39, 0.29) is 0 Å². The van der Waals surface area contributed by atoms with Gasteiger partial charge in [0.25, 0.3) is 0 Å². The van der Waals surface area contributed by atoms with Gasteiger partial charge in [0, 0.05) is 25.6 Å². The first kappa shape index (κ1) is 13.5. The minimum absolute atomic E-state index is 0.582. The molecule has 18 heavy (non-hydrogen) atoms. The lowest BCUT2D eigenvalue weighted by Gasteiger charge is -2.13. The molecule has 1 aliphatic rings. The number of hydrogen-bond acceptors (Lipinski definition) is 5. The summed E-state index contributed by atoms with van der Waals surface area (Å²) in [7, 11) is 0. The maximum Gasteiger partial charge on any atom is 0.145 e. The monoisotopic (exact) mass is 314 g/mol. The fourth-order valence-electron chi connectivity index (χ4n) is 1.85. The second-order valence-electron chi connectivity index (χ2n) is 4.42. The third kappa shape index (κ3) is 3.55. The highest BCUT2D eigenvalue weighted by molar-refractivity contribution is 9.10. The molecule has 1 unspecified atom stereocenters. The second kappa shape index (κ2) is 6.89.